The Morgan fingerprint density at radius 1 is 1.07 bits per heavy atom. The van der Waals surface area contributed by atoms with E-state index in [1.807, 2.05) is 11.8 Å². The molecule has 1 aliphatic heterocycles. The lowest BCUT2D eigenvalue weighted by molar-refractivity contribution is -0.135. The fourth-order valence-electron chi connectivity index (χ4n) is 3.09. The molecule has 148 valence electrons. The predicted molar refractivity (Wildman–Crippen MR) is 106 cm³/mol. The highest BCUT2D eigenvalue weighted by atomic mass is 35.5. The molecule has 3 amide bonds. The van der Waals surface area contributed by atoms with Gasteiger partial charge in [0.25, 0.3) is 5.91 Å². The summed E-state index contributed by atoms with van der Waals surface area (Å²) in [5.41, 5.74) is 0.550. The van der Waals surface area contributed by atoms with E-state index in [1.54, 1.807) is 24.3 Å². The monoisotopic (exact) mass is 393 g/mol. The average molecular weight is 394 g/mol. The van der Waals surface area contributed by atoms with Gasteiger partial charge in [-0.05, 0) is 49.9 Å². The molecule has 0 bridgehead atoms. The molecule has 0 saturated carbocycles. The fourth-order valence-corrected chi connectivity index (χ4v) is 3.21. The Morgan fingerprint density at radius 2 is 1.74 bits per heavy atom. The first-order valence-corrected chi connectivity index (χ1v) is 9.98. The van der Waals surface area contributed by atoms with Gasteiger partial charge in [-0.3, -0.25) is 14.4 Å². The molecule has 2 rings (SSSR count). The van der Waals surface area contributed by atoms with Gasteiger partial charge >= 0.3 is 0 Å². The molecule has 0 spiro atoms. The summed E-state index contributed by atoms with van der Waals surface area (Å²) in [7, 11) is 0. The van der Waals surface area contributed by atoms with Crippen LogP contribution in [0.2, 0.25) is 5.02 Å². The Morgan fingerprint density at radius 3 is 2.37 bits per heavy atom. The zero-order valence-electron chi connectivity index (χ0n) is 15.8. The van der Waals surface area contributed by atoms with Crippen molar-refractivity contribution in [2.45, 2.75) is 39.0 Å². The molecule has 1 aromatic rings. The summed E-state index contributed by atoms with van der Waals surface area (Å²) in [6.07, 6.45) is 3.35. The van der Waals surface area contributed by atoms with Crippen molar-refractivity contribution in [2.24, 2.45) is 5.92 Å². The highest BCUT2D eigenvalue weighted by Gasteiger charge is 2.26. The van der Waals surface area contributed by atoms with Gasteiger partial charge in [-0.2, -0.15) is 0 Å². The zero-order chi connectivity index (χ0) is 19.6. The minimum atomic E-state index is -0.168. The second-order valence-electron chi connectivity index (χ2n) is 6.81. The first-order valence-electron chi connectivity index (χ1n) is 9.60. The Bertz CT molecular complexity index is 640. The molecule has 1 aromatic carbocycles. The molecule has 2 N–H and O–H groups in total. The number of halogens is 1. The van der Waals surface area contributed by atoms with Crippen molar-refractivity contribution in [3.8, 4) is 0 Å². The van der Waals surface area contributed by atoms with Crippen LogP contribution < -0.4 is 10.6 Å². The number of amides is 3. The first-order chi connectivity index (χ1) is 13.0. The molecule has 1 heterocycles. The van der Waals surface area contributed by atoms with Gasteiger partial charge in [0.15, 0.2) is 0 Å². The number of nitrogens with one attached hydrogen (secondary N) is 2. The number of rotatable bonds is 8. The summed E-state index contributed by atoms with van der Waals surface area (Å²) in [6.45, 7) is 4.43. The van der Waals surface area contributed by atoms with Crippen LogP contribution in [0, 0.1) is 5.92 Å². The molecule has 0 unspecified atom stereocenters. The van der Waals surface area contributed by atoms with Crippen LogP contribution in [0.1, 0.15) is 49.4 Å². The molecule has 1 saturated heterocycles. The molecular formula is C20H28ClN3O3. The van der Waals surface area contributed by atoms with E-state index in [4.69, 9.17) is 11.6 Å². The number of hydrogen-bond acceptors (Lipinski definition) is 3. The largest absolute Gasteiger partial charge is 0.356 e. The first kappa shape index (κ1) is 21.2. The second kappa shape index (κ2) is 10.9. The van der Waals surface area contributed by atoms with Crippen LogP contribution in [-0.4, -0.2) is 48.8 Å². The van der Waals surface area contributed by atoms with Crippen LogP contribution >= 0.6 is 11.6 Å². The SMILES string of the molecule is CCCNC(=O)C1CCN(C(=O)CCCNC(=O)c2ccc(Cl)cc2)CC1. The van der Waals surface area contributed by atoms with Gasteiger partial charge in [0.05, 0.1) is 0 Å². The summed E-state index contributed by atoms with van der Waals surface area (Å²) in [5, 5.41) is 6.32. The third-order valence-electron chi connectivity index (χ3n) is 4.73. The van der Waals surface area contributed by atoms with Crippen LogP contribution in [0.15, 0.2) is 24.3 Å². The van der Waals surface area contributed by atoms with Crippen LogP contribution in [0.3, 0.4) is 0 Å². The van der Waals surface area contributed by atoms with Gasteiger partial charge in [-0.1, -0.05) is 18.5 Å². The zero-order valence-corrected chi connectivity index (χ0v) is 16.6. The Hall–Kier alpha value is -2.08. The fraction of sp³-hybridized carbons (Fsp3) is 0.550. The molecule has 1 fully saturated rings. The van der Waals surface area contributed by atoms with Crippen molar-refractivity contribution >= 4 is 29.3 Å². The quantitative estimate of drug-likeness (QED) is 0.666. The van der Waals surface area contributed by atoms with E-state index >= 15 is 0 Å². The van der Waals surface area contributed by atoms with Crippen molar-refractivity contribution in [3.05, 3.63) is 34.9 Å². The lowest BCUT2D eigenvalue weighted by Gasteiger charge is -2.31. The highest BCUT2D eigenvalue weighted by molar-refractivity contribution is 6.30. The summed E-state index contributed by atoms with van der Waals surface area (Å²) in [6, 6.07) is 6.69. The number of benzene rings is 1. The van der Waals surface area contributed by atoms with Crippen LogP contribution in [0.5, 0.6) is 0 Å². The molecule has 27 heavy (non-hydrogen) atoms. The average Bonchev–Trinajstić information content (AvgIpc) is 2.69. The van der Waals surface area contributed by atoms with Gasteiger partial charge in [-0.25, -0.2) is 0 Å². The highest BCUT2D eigenvalue weighted by Crippen LogP contribution is 2.18. The van der Waals surface area contributed by atoms with Gasteiger partial charge in [0, 0.05) is 49.1 Å². The molecule has 0 radical (unpaired) electrons. The number of carbonyl (C=O) groups excluding carboxylic acids is 3. The summed E-state index contributed by atoms with van der Waals surface area (Å²) < 4.78 is 0. The van der Waals surface area contributed by atoms with Crippen LogP contribution in [-0.2, 0) is 9.59 Å². The van der Waals surface area contributed by atoms with Gasteiger partial charge < -0.3 is 15.5 Å². The summed E-state index contributed by atoms with van der Waals surface area (Å²) in [5.74, 6) is 0.0364. The number of nitrogens with zero attached hydrogens (tertiary/aromatic N) is 1. The predicted octanol–water partition coefficient (Wildman–Crippen LogP) is 2.61. The summed E-state index contributed by atoms with van der Waals surface area (Å²) in [4.78, 5) is 38.1. The maximum absolute atomic E-state index is 12.3. The summed E-state index contributed by atoms with van der Waals surface area (Å²) >= 11 is 5.80. The van der Waals surface area contributed by atoms with Crippen molar-refractivity contribution in [3.63, 3.8) is 0 Å². The third-order valence-corrected chi connectivity index (χ3v) is 4.98. The van der Waals surface area contributed by atoms with E-state index in [-0.39, 0.29) is 23.6 Å². The van der Waals surface area contributed by atoms with Crippen molar-refractivity contribution < 1.29 is 14.4 Å². The van der Waals surface area contributed by atoms with Crippen LogP contribution in [0.25, 0.3) is 0 Å². The van der Waals surface area contributed by atoms with Gasteiger partial charge in [0.2, 0.25) is 11.8 Å². The maximum Gasteiger partial charge on any atom is 0.251 e. The Kier molecular flexibility index (Phi) is 8.58. The second-order valence-corrected chi connectivity index (χ2v) is 7.25. The van der Waals surface area contributed by atoms with E-state index in [9.17, 15) is 14.4 Å². The standard InChI is InChI=1S/C20H28ClN3O3/c1-2-11-22-20(27)16-9-13-24(14-10-16)18(25)4-3-12-23-19(26)15-5-7-17(21)8-6-15/h5-8,16H,2-4,9-14H2,1H3,(H,22,27)(H,23,26). The molecule has 0 aliphatic carbocycles. The Labute approximate surface area is 165 Å². The topological polar surface area (TPSA) is 78.5 Å². The lowest BCUT2D eigenvalue weighted by Crippen LogP contribution is -2.43. The molecular weight excluding hydrogens is 366 g/mol. The van der Waals surface area contributed by atoms with E-state index in [2.05, 4.69) is 10.6 Å². The minimum Gasteiger partial charge on any atom is -0.356 e. The van der Waals surface area contributed by atoms with Crippen molar-refractivity contribution in [2.75, 3.05) is 26.2 Å². The molecule has 0 atom stereocenters. The van der Waals surface area contributed by atoms with E-state index in [0.717, 1.165) is 6.42 Å². The van der Waals surface area contributed by atoms with E-state index < -0.39 is 0 Å². The van der Waals surface area contributed by atoms with Crippen LogP contribution in [0.4, 0.5) is 0 Å². The third kappa shape index (κ3) is 6.86. The van der Waals surface area contributed by atoms with E-state index in [0.29, 0.717) is 62.4 Å². The van der Waals surface area contributed by atoms with Crippen molar-refractivity contribution in [1.82, 2.24) is 15.5 Å². The smallest absolute Gasteiger partial charge is 0.251 e. The number of hydrogen-bond donors (Lipinski definition) is 2. The number of carbonyl (C=O) groups is 3. The Balaban J connectivity index is 1.63. The van der Waals surface area contributed by atoms with Crippen molar-refractivity contribution in [1.29, 1.82) is 0 Å². The lowest BCUT2D eigenvalue weighted by atomic mass is 9.95. The maximum atomic E-state index is 12.3. The minimum absolute atomic E-state index is 0.0132. The number of likely N-dealkylation sites (tertiary alicyclic amines) is 1. The molecule has 1 aliphatic rings. The molecule has 7 heteroatoms. The van der Waals surface area contributed by atoms with Gasteiger partial charge in [0.1, 0.15) is 0 Å². The normalized spacial score (nSPS) is 14.7. The number of piperidine rings is 1. The molecule has 6 nitrogen and oxygen atoms in total. The van der Waals surface area contributed by atoms with E-state index in [1.165, 1.54) is 0 Å². The molecule has 0 aromatic heterocycles. The van der Waals surface area contributed by atoms with Gasteiger partial charge in [-0.15, -0.1) is 0 Å².